The van der Waals surface area contributed by atoms with Crippen LogP contribution >= 0.6 is 0 Å². The van der Waals surface area contributed by atoms with Gasteiger partial charge in [0.1, 0.15) is 0 Å². The first-order valence-electron chi connectivity index (χ1n) is 5.98. The van der Waals surface area contributed by atoms with E-state index in [0.29, 0.717) is 0 Å². The highest BCUT2D eigenvalue weighted by Crippen LogP contribution is 2.16. The maximum absolute atomic E-state index is 5.81. The topological polar surface area (TPSA) is 38.9 Å². The van der Waals surface area contributed by atoms with Crippen molar-refractivity contribution in [2.75, 3.05) is 5.73 Å². The van der Waals surface area contributed by atoms with E-state index in [0.717, 1.165) is 24.2 Å². The zero-order chi connectivity index (χ0) is 12.3. The summed E-state index contributed by atoms with van der Waals surface area (Å²) in [7, 11) is 0. The van der Waals surface area contributed by atoms with Crippen LogP contribution in [0, 0.1) is 6.92 Å². The summed E-state index contributed by atoms with van der Waals surface area (Å²) < 4.78 is 0. The molecule has 0 aliphatic rings. The van der Waals surface area contributed by atoms with Crippen molar-refractivity contribution >= 4 is 5.69 Å². The van der Waals surface area contributed by atoms with Crippen LogP contribution in [0.5, 0.6) is 0 Å². The van der Waals surface area contributed by atoms with Gasteiger partial charge in [0.2, 0.25) is 0 Å². The van der Waals surface area contributed by atoms with Gasteiger partial charge in [-0.2, -0.15) is 0 Å². The molecule has 88 valence electrons. The third kappa shape index (κ3) is 2.84. The Morgan fingerprint density at radius 2 is 2.00 bits per heavy atom. The average molecular weight is 226 g/mol. The van der Waals surface area contributed by atoms with Gasteiger partial charge in [-0.25, -0.2) is 0 Å². The summed E-state index contributed by atoms with van der Waals surface area (Å²) in [5.41, 5.74) is 11.5. The van der Waals surface area contributed by atoms with Crippen LogP contribution in [0.2, 0.25) is 0 Å². The second-order valence-electron chi connectivity index (χ2n) is 4.37. The van der Waals surface area contributed by atoms with Gasteiger partial charge in [0.05, 0.1) is 0 Å². The van der Waals surface area contributed by atoms with E-state index in [9.17, 15) is 0 Å². The SMILES string of the molecule is CCc1ccc(Cc2cc(N)ccc2C)nc1. The maximum atomic E-state index is 5.81. The van der Waals surface area contributed by atoms with Gasteiger partial charge in [-0.15, -0.1) is 0 Å². The number of benzene rings is 1. The molecule has 1 aromatic heterocycles. The van der Waals surface area contributed by atoms with Crippen molar-refractivity contribution in [1.29, 1.82) is 0 Å². The van der Waals surface area contributed by atoms with E-state index in [1.54, 1.807) is 0 Å². The Morgan fingerprint density at radius 1 is 1.18 bits per heavy atom. The van der Waals surface area contributed by atoms with E-state index in [-0.39, 0.29) is 0 Å². The maximum Gasteiger partial charge on any atom is 0.0447 e. The zero-order valence-electron chi connectivity index (χ0n) is 10.4. The van der Waals surface area contributed by atoms with E-state index < -0.39 is 0 Å². The fourth-order valence-electron chi connectivity index (χ4n) is 1.85. The molecule has 1 aromatic carbocycles. The number of rotatable bonds is 3. The number of aryl methyl sites for hydroxylation is 2. The lowest BCUT2D eigenvalue weighted by molar-refractivity contribution is 1.02. The number of pyridine rings is 1. The molecule has 2 heteroatoms. The molecule has 0 amide bonds. The molecular formula is C15H18N2. The molecule has 2 rings (SSSR count). The van der Waals surface area contributed by atoms with E-state index in [2.05, 4.69) is 37.0 Å². The van der Waals surface area contributed by atoms with Crippen molar-refractivity contribution in [2.24, 2.45) is 0 Å². The molecule has 0 unspecified atom stereocenters. The first-order valence-corrected chi connectivity index (χ1v) is 5.98. The molecule has 0 saturated carbocycles. The molecule has 0 atom stereocenters. The number of aromatic nitrogens is 1. The van der Waals surface area contributed by atoms with Gasteiger partial charge in [0, 0.05) is 24.0 Å². The van der Waals surface area contributed by atoms with Gasteiger partial charge in [0.25, 0.3) is 0 Å². The highest BCUT2D eigenvalue weighted by atomic mass is 14.7. The van der Waals surface area contributed by atoms with Crippen molar-refractivity contribution in [3.63, 3.8) is 0 Å². The molecule has 0 aliphatic carbocycles. The molecule has 2 aromatic rings. The number of anilines is 1. The van der Waals surface area contributed by atoms with Crippen LogP contribution in [0.3, 0.4) is 0 Å². The van der Waals surface area contributed by atoms with Crippen LogP contribution in [-0.4, -0.2) is 4.98 Å². The van der Waals surface area contributed by atoms with Crippen LogP contribution in [0.15, 0.2) is 36.5 Å². The molecule has 0 fully saturated rings. The lowest BCUT2D eigenvalue weighted by Crippen LogP contribution is -1.97. The Balaban J connectivity index is 2.22. The van der Waals surface area contributed by atoms with Crippen LogP contribution in [0.25, 0.3) is 0 Å². The molecule has 0 radical (unpaired) electrons. The highest BCUT2D eigenvalue weighted by Gasteiger charge is 2.02. The van der Waals surface area contributed by atoms with Crippen LogP contribution in [-0.2, 0) is 12.8 Å². The lowest BCUT2D eigenvalue weighted by atomic mass is 10.0. The zero-order valence-corrected chi connectivity index (χ0v) is 10.4. The Bertz CT molecular complexity index is 501. The van der Waals surface area contributed by atoms with E-state index in [1.807, 2.05) is 18.3 Å². The molecule has 0 spiro atoms. The first-order chi connectivity index (χ1) is 8.19. The molecule has 2 nitrogen and oxygen atoms in total. The van der Waals surface area contributed by atoms with Gasteiger partial charge in [-0.05, 0) is 48.2 Å². The smallest absolute Gasteiger partial charge is 0.0447 e. The second-order valence-corrected chi connectivity index (χ2v) is 4.37. The molecule has 2 N–H and O–H groups in total. The highest BCUT2D eigenvalue weighted by molar-refractivity contribution is 5.45. The Hall–Kier alpha value is -1.83. The number of hydrogen-bond acceptors (Lipinski definition) is 2. The quantitative estimate of drug-likeness (QED) is 0.817. The molecule has 0 saturated heterocycles. The predicted molar refractivity (Wildman–Crippen MR) is 72.0 cm³/mol. The van der Waals surface area contributed by atoms with Crippen molar-refractivity contribution < 1.29 is 0 Å². The summed E-state index contributed by atoms with van der Waals surface area (Å²) in [6.45, 7) is 4.24. The summed E-state index contributed by atoms with van der Waals surface area (Å²) in [5.74, 6) is 0. The standard InChI is InChI=1S/C15H18N2/c1-3-12-5-7-15(17-10-12)9-13-8-14(16)6-4-11(13)2/h4-8,10H,3,9,16H2,1-2H3. The molecule has 1 heterocycles. The second kappa shape index (κ2) is 5.00. The van der Waals surface area contributed by atoms with Gasteiger partial charge in [0.15, 0.2) is 0 Å². The minimum Gasteiger partial charge on any atom is -0.399 e. The summed E-state index contributed by atoms with van der Waals surface area (Å²) in [4.78, 5) is 4.47. The third-order valence-electron chi connectivity index (χ3n) is 3.04. The number of nitrogens with two attached hydrogens (primary N) is 1. The van der Waals surface area contributed by atoms with Crippen LogP contribution in [0.4, 0.5) is 5.69 Å². The normalized spacial score (nSPS) is 10.5. The summed E-state index contributed by atoms with van der Waals surface area (Å²) in [6.07, 6.45) is 3.84. The van der Waals surface area contributed by atoms with Gasteiger partial charge < -0.3 is 5.73 Å². The summed E-state index contributed by atoms with van der Waals surface area (Å²) >= 11 is 0. The van der Waals surface area contributed by atoms with Gasteiger partial charge in [-0.3, -0.25) is 4.98 Å². The van der Waals surface area contributed by atoms with Crippen molar-refractivity contribution in [2.45, 2.75) is 26.7 Å². The first kappa shape index (κ1) is 11.6. The Morgan fingerprint density at radius 3 is 2.65 bits per heavy atom. The van der Waals surface area contributed by atoms with Gasteiger partial charge in [-0.1, -0.05) is 19.1 Å². The molecular weight excluding hydrogens is 208 g/mol. The fraction of sp³-hybridized carbons (Fsp3) is 0.267. The van der Waals surface area contributed by atoms with Crippen molar-refractivity contribution in [3.05, 3.63) is 58.9 Å². The van der Waals surface area contributed by atoms with Gasteiger partial charge >= 0.3 is 0 Å². The predicted octanol–water partition coefficient (Wildman–Crippen LogP) is 3.13. The van der Waals surface area contributed by atoms with E-state index in [4.69, 9.17) is 5.73 Å². The molecule has 17 heavy (non-hydrogen) atoms. The van der Waals surface area contributed by atoms with E-state index in [1.165, 1.54) is 16.7 Å². The van der Waals surface area contributed by atoms with E-state index >= 15 is 0 Å². The molecule has 0 bridgehead atoms. The monoisotopic (exact) mass is 226 g/mol. The van der Waals surface area contributed by atoms with Crippen LogP contribution in [0.1, 0.15) is 29.3 Å². The minimum absolute atomic E-state index is 0.816. The largest absolute Gasteiger partial charge is 0.399 e. The fourth-order valence-corrected chi connectivity index (χ4v) is 1.85. The average Bonchev–Trinajstić information content (AvgIpc) is 2.35. The summed E-state index contributed by atoms with van der Waals surface area (Å²) in [5, 5.41) is 0. The Labute approximate surface area is 103 Å². The van der Waals surface area contributed by atoms with Crippen molar-refractivity contribution in [3.8, 4) is 0 Å². The third-order valence-corrected chi connectivity index (χ3v) is 3.04. The lowest BCUT2D eigenvalue weighted by Gasteiger charge is -2.07. The summed E-state index contributed by atoms with van der Waals surface area (Å²) in [6, 6.07) is 10.3. The number of hydrogen-bond donors (Lipinski definition) is 1. The van der Waals surface area contributed by atoms with Crippen molar-refractivity contribution in [1.82, 2.24) is 4.98 Å². The number of nitrogens with zero attached hydrogens (tertiary/aromatic N) is 1. The Kier molecular flexibility index (Phi) is 3.43. The number of nitrogen functional groups attached to an aromatic ring is 1. The molecule has 0 aliphatic heterocycles. The minimum atomic E-state index is 0.816. The van der Waals surface area contributed by atoms with Crippen LogP contribution < -0.4 is 5.73 Å².